The van der Waals surface area contributed by atoms with Crippen LogP contribution in [0.15, 0.2) is 53.9 Å². The summed E-state index contributed by atoms with van der Waals surface area (Å²) in [6.07, 6.45) is 3.13. The Morgan fingerprint density at radius 3 is 2.68 bits per heavy atom. The first-order chi connectivity index (χ1) is 9.18. The number of carbonyl (C=O) groups excluding carboxylic acids is 1. The standard InChI is InChI=1S/C15H15N3O/c1-11-6-3-4-8-14(11)12(2)17-18-15(19)13-7-5-9-16-10-13/h3-10H,1-2H3,(H,18,19)/b17-12-. The number of benzene rings is 1. The molecule has 0 saturated carbocycles. The molecule has 0 radical (unpaired) electrons. The molecular weight excluding hydrogens is 238 g/mol. The zero-order valence-corrected chi connectivity index (χ0v) is 10.9. The number of pyridine rings is 1. The fourth-order valence-electron chi connectivity index (χ4n) is 1.74. The zero-order valence-electron chi connectivity index (χ0n) is 10.9. The van der Waals surface area contributed by atoms with Crippen LogP contribution in [0.5, 0.6) is 0 Å². The highest BCUT2D eigenvalue weighted by Crippen LogP contribution is 2.08. The molecule has 0 unspecified atom stereocenters. The molecule has 1 amide bonds. The summed E-state index contributed by atoms with van der Waals surface area (Å²) >= 11 is 0. The molecule has 1 aromatic carbocycles. The lowest BCUT2D eigenvalue weighted by atomic mass is 10.1. The molecule has 19 heavy (non-hydrogen) atoms. The lowest BCUT2D eigenvalue weighted by Crippen LogP contribution is -2.19. The Kier molecular flexibility index (Phi) is 4.03. The highest BCUT2D eigenvalue weighted by molar-refractivity contribution is 6.01. The highest BCUT2D eigenvalue weighted by Gasteiger charge is 2.05. The number of aryl methyl sites for hydroxylation is 1. The molecule has 0 saturated heterocycles. The molecule has 1 aromatic heterocycles. The van der Waals surface area contributed by atoms with E-state index in [-0.39, 0.29) is 5.91 Å². The van der Waals surface area contributed by atoms with Gasteiger partial charge in [0.25, 0.3) is 5.91 Å². The summed E-state index contributed by atoms with van der Waals surface area (Å²) in [5, 5.41) is 4.12. The van der Waals surface area contributed by atoms with Gasteiger partial charge < -0.3 is 0 Å². The normalized spacial score (nSPS) is 11.2. The van der Waals surface area contributed by atoms with Crippen molar-refractivity contribution in [2.75, 3.05) is 0 Å². The number of aromatic nitrogens is 1. The van der Waals surface area contributed by atoms with Crippen molar-refractivity contribution in [2.24, 2.45) is 5.10 Å². The average Bonchev–Trinajstić information content (AvgIpc) is 2.46. The maximum absolute atomic E-state index is 11.8. The first-order valence-corrected chi connectivity index (χ1v) is 5.99. The molecule has 0 spiro atoms. The van der Waals surface area contributed by atoms with Crippen molar-refractivity contribution in [3.8, 4) is 0 Å². The molecule has 0 aliphatic carbocycles. The first kappa shape index (κ1) is 13.0. The van der Waals surface area contributed by atoms with Gasteiger partial charge in [0.1, 0.15) is 0 Å². The summed E-state index contributed by atoms with van der Waals surface area (Å²) in [5.74, 6) is -0.263. The molecule has 4 nitrogen and oxygen atoms in total. The molecule has 4 heteroatoms. The number of hydrogen-bond donors (Lipinski definition) is 1. The topological polar surface area (TPSA) is 54.4 Å². The third-order valence-corrected chi connectivity index (χ3v) is 2.78. The Hall–Kier alpha value is -2.49. The van der Waals surface area contributed by atoms with Crippen LogP contribution >= 0.6 is 0 Å². The lowest BCUT2D eigenvalue weighted by Gasteiger charge is -2.05. The lowest BCUT2D eigenvalue weighted by molar-refractivity contribution is 0.0954. The van der Waals surface area contributed by atoms with E-state index in [1.807, 2.05) is 38.1 Å². The Morgan fingerprint density at radius 2 is 2.00 bits per heavy atom. The van der Waals surface area contributed by atoms with E-state index in [2.05, 4.69) is 15.5 Å². The van der Waals surface area contributed by atoms with Gasteiger partial charge in [-0.25, -0.2) is 5.43 Å². The Balaban J connectivity index is 2.11. The van der Waals surface area contributed by atoms with E-state index >= 15 is 0 Å². The minimum Gasteiger partial charge on any atom is -0.267 e. The molecule has 2 aromatic rings. The van der Waals surface area contributed by atoms with E-state index in [1.54, 1.807) is 18.3 Å². The number of hydrazone groups is 1. The molecule has 0 aliphatic rings. The number of carbonyl (C=O) groups is 1. The van der Waals surface area contributed by atoms with Crippen molar-refractivity contribution in [1.29, 1.82) is 0 Å². The van der Waals surface area contributed by atoms with Crippen LogP contribution in [0.2, 0.25) is 0 Å². The van der Waals surface area contributed by atoms with Gasteiger partial charge in [-0.15, -0.1) is 0 Å². The summed E-state index contributed by atoms with van der Waals surface area (Å²) in [5.41, 5.74) is 5.94. The van der Waals surface area contributed by atoms with Gasteiger partial charge in [0, 0.05) is 18.0 Å². The van der Waals surface area contributed by atoms with Gasteiger partial charge in [-0.05, 0) is 31.5 Å². The van der Waals surface area contributed by atoms with Gasteiger partial charge in [0.05, 0.1) is 11.3 Å². The van der Waals surface area contributed by atoms with Crippen LogP contribution in [0.3, 0.4) is 0 Å². The fraction of sp³-hybridized carbons (Fsp3) is 0.133. The molecule has 0 atom stereocenters. The van der Waals surface area contributed by atoms with Crippen molar-refractivity contribution >= 4 is 11.6 Å². The van der Waals surface area contributed by atoms with Crippen LogP contribution in [-0.2, 0) is 0 Å². The third kappa shape index (κ3) is 3.25. The minimum atomic E-state index is -0.263. The second-order valence-corrected chi connectivity index (χ2v) is 4.19. The van der Waals surface area contributed by atoms with Crippen molar-refractivity contribution in [3.63, 3.8) is 0 Å². The molecule has 1 N–H and O–H groups in total. The van der Waals surface area contributed by atoms with Crippen molar-refractivity contribution in [2.45, 2.75) is 13.8 Å². The van der Waals surface area contributed by atoms with Gasteiger partial charge in [-0.3, -0.25) is 9.78 Å². The van der Waals surface area contributed by atoms with E-state index in [9.17, 15) is 4.79 Å². The fourth-order valence-corrected chi connectivity index (χ4v) is 1.74. The number of hydrogen-bond acceptors (Lipinski definition) is 3. The molecule has 96 valence electrons. The molecule has 1 heterocycles. The summed E-state index contributed by atoms with van der Waals surface area (Å²) in [6.45, 7) is 3.88. The zero-order chi connectivity index (χ0) is 13.7. The summed E-state index contributed by atoms with van der Waals surface area (Å²) in [7, 11) is 0. The van der Waals surface area contributed by atoms with E-state index in [1.165, 1.54) is 6.20 Å². The summed E-state index contributed by atoms with van der Waals surface area (Å²) in [6, 6.07) is 11.3. The maximum Gasteiger partial charge on any atom is 0.272 e. The maximum atomic E-state index is 11.8. The van der Waals surface area contributed by atoms with Gasteiger partial charge in [0.15, 0.2) is 0 Å². The number of rotatable bonds is 3. The second-order valence-electron chi connectivity index (χ2n) is 4.19. The Bertz CT molecular complexity index is 606. The van der Waals surface area contributed by atoms with Crippen LogP contribution < -0.4 is 5.43 Å². The predicted molar refractivity (Wildman–Crippen MR) is 75.1 cm³/mol. The van der Waals surface area contributed by atoms with Crippen molar-refractivity contribution < 1.29 is 4.79 Å². The monoisotopic (exact) mass is 253 g/mol. The van der Waals surface area contributed by atoms with Gasteiger partial charge >= 0.3 is 0 Å². The van der Waals surface area contributed by atoms with E-state index in [4.69, 9.17) is 0 Å². The third-order valence-electron chi connectivity index (χ3n) is 2.78. The molecule has 0 bridgehead atoms. The predicted octanol–water partition coefficient (Wildman–Crippen LogP) is 2.54. The SMILES string of the molecule is C/C(=N/NC(=O)c1cccnc1)c1ccccc1C. The van der Waals surface area contributed by atoms with Gasteiger partial charge in [-0.1, -0.05) is 24.3 Å². The van der Waals surface area contributed by atoms with Gasteiger partial charge in [0.2, 0.25) is 0 Å². The highest BCUT2D eigenvalue weighted by atomic mass is 16.2. The van der Waals surface area contributed by atoms with Crippen LogP contribution in [-0.4, -0.2) is 16.6 Å². The number of amides is 1. The van der Waals surface area contributed by atoms with E-state index in [0.29, 0.717) is 5.56 Å². The average molecular weight is 253 g/mol. The van der Waals surface area contributed by atoms with Crippen molar-refractivity contribution in [1.82, 2.24) is 10.4 Å². The Morgan fingerprint density at radius 1 is 1.21 bits per heavy atom. The number of nitrogens with one attached hydrogen (secondary N) is 1. The first-order valence-electron chi connectivity index (χ1n) is 5.99. The van der Waals surface area contributed by atoms with E-state index in [0.717, 1.165) is 16.8 Å². The number of nitrogens with zero attached hydrogens (tertiary/aromatic N) is 2. The van der Waals surface area contributed by atoms with Gasteiger partial charge in [-0.2, -0.15) is 5.10 Å². The quantitative estimate of drug-likeness (QED) is 0.675. The van der Waals surface area contributed by atoms with Crippen LogP contribution in [0, 0.1) is 6.92 Å². The molecule has 0 fully saturated rings. The molecule has 0 aliphatic heterocycles. The molecule has 2 rings (SSSR count). The second kappa shape index (κ2) is 5.91. The largest absolute Gasteiger partial charge is 0.272 e. The van der Waals surface area contributed by atoms with Crippen molar-refractivity contribution in [3.05, 3.63) is 65.5 Å². The van der Waals surface area contributed by atoms with E-state index < -0.39 is 0 Å². The summed E-state index contributed by atoms with van der Waals surface area (Å²) < 4.78 is 0. The van der Waals surface area contributed by atoms with Crippen LogP contribution in [0.25, 0.3) is 0 Å². The summed E-state index contributed by atoms with van der Waals surface area (Å²) in [4.78, 5) is 15.7. The smallest absolute Gasteiger partial charge is 0.267 e. The minimum absolute atomic E-state index is 0.263. The van der Waals surface area contributed by atoms with Crippen LogP contribution in [0.1, 0.15) is 28.4 Å². The van der Waals surface area contributed by atoms with Crippen LogP contribution in [0.4, 0.5) is 0 Å². The Labute approximate surface area is 112 Å². The molecular formula is C15H15N3O.